The first kappa shape index (κ1) is 24.9. The van der Waals surface area contributed by atoms with Gasteiger partial charge in [0.1, 0.15) is 11.5 Å². The van der Waals surface area contributed by atoms with Gasteiger partial charge in [0.2, 0.25) is 0 Å². The van der Waals surface area contributed by atoms with Crippen LogP contribution in [0.15, 0.2) is 48.5 Å². The van der Waals surface area contributed by atoms with E-state index in [0.717, 1.165) is 25.0 Å². The minimum absolute atomic E-state index is 0.216. The largest absolute Gasteiger partial charge is 0.508 e. The number of rotatable bonds is 5. The first-order valence-electron chi connectivity index (χ1n) is 8.42. The lowest BCUT2D eigenvalue weighted by molar-refractivity contribution is -0.135. The lowest BCUT2D eigenvalue weighted by atomic mass is 9.85. The number of phenols is 2. The van der Waals surface area contributed by atoms with E-state index in [-0.39, 0.29) is 18.0 Å². The first-order valence-corrected chi connectivity index (χ1v) is 8.42. The fraction of sp³-hybridized carbons (Fsp3) is 0.300. The second kappa shape index (κ2) is 12.3. The molecule has 2 aromatic carbocycles. The van der Waals surface area contributed by atoms with Crippen LogP contribution >= 0.6 is 0 Å². The van der Waals surface area contributed by atoms with Crippen LogP contribution in [-0.2, 0) is 22.4 Å². The van der Waals surface area contributed by atoms with E-state index in [1.807, 2.05) is 24.3 Å². The second-order valence-electron chi connectivity index (χ2n) is 6.22. The molecule has 0 radical (unpaired) electrons. The zero-order valence-corrected chi connectivity index (χ0v) is 16.0. The quantitative estimate of drug-likeness (QED) is 0.447. The van der Waals surface area contributed by atoms with Gasteiger partial charge < -0.3 is 31.9 Å². The van der Waals surface area contributed by atoms with Crippen LogP contribution in [-0.4, -0.2) is 44.4 Å². The number of hydrogen-bond acceptors (Lipinski definition) is 6. The third kappa shape index (κ3) is 10.8. The number of para-hydroxylation sites is 2. The highest BCUT2D eigenvalue weighted by molar-refractivity contribution is 5.63. The molecule has 154 valence electrons. The highest BCUT2D eigenvalue weighted by Crippen LogP contribution is 2.25. The van der Waals surface area contributed by atoms with Crippen molar-refractivity contribution < 1.29 is 30.0 Å². The third-order valence-electron chi connectivity index (χ3n) is 3.47. The van der Waals surface area contributed by atoms with Gasteiger partial charge in [-0.25, -0.2) is 0 Å². The number of nitrogens with two attached hydrogens (primary N) is 2. The summed E-state index contributed by atoms with van der Waals surface area (Å²) in [5, 5.41) is 34.5. The fourth-order valence-electron chi connectivity index (χ4n) is 2.29. The summed E-state index contributed by atoms with van der Waals surface area (Å²) in [5.41, 5.74) is 13.0. The highest BCUT2D eigenvalue weighted by atomic mass is 16.4. The van der Waals surface area contributed by atoms with Crippen LogP contribution in [0.1, 0.15) is 25.0 Å². The Kier molecular flexibility index (Phi) is 11.0. The molecule has 8 heteroatoms. The summed E-state index contributed by atoms with van der Waals surface area (Å²) in [5.74, 6) is -1.24. The van der Waals surface area contributed by atoms with Crippen LogP contribution in [0.3, 0.4) is 0 Å². The van der Waals surface area contributed by atoms with Gasteiger partial charge in [-0.1, -0.05) is 36.4 Å². The predicted molar refractivity (Wildman–Crippen MR) is 106 cm³/mol. The molecule has 0 heterocycles. The number of carboxylic acids is 2. The van der Waals surface area contributed by atoms with Gasteiger partial charge in [-0.05, 0) is 36.1 Å². The van der Waals surface area contributed by atoms with E-state index in [0.29, 0.717) is 12.8 Å². The van der Waals surface area contributed by atoms with Crippen LogP contribution in [0.5, 0.6) is 11.5 Å². The molecule has 0 spiro atoms. The van der Waals surface area contributed by atoms with Crippen LogP contribution in [0.25, 0.3) is 0 Å². The van der Waals surface area contributed by atoms with Crippen molar-refractivity contribution in [3.8, 4) is 11.5 Å². The van der Waals surface area contributed by atoms with Crippen molar-refractivity contribution in [2.24, 2.45) is 11.5 Å². The summed E-state index contributed by atoms with van der Waals surface area (Å²) in [6.07, 6.45) is 0.898. The molecule has 2 aromatic rings. The summed E-state index contributed by atoms with van der Waals surface area (Å²) in [6.45, 7) is 2.43. The summed E-state index contributed by atoms with van der Waals surface area (Å²) in [7, 11) is 0. The molecular formula is C20H28N2O6. The maximum absolute atomic E-state index is 9.84. The van der Waals surface area contributed by atoms with E-state index >= 15 is 0 Å². The lowest BCUT2D eigenvalue weighted by Crippen LogP contribution is -2.50. The van der Waals surface area contributed by atoms with Gasteiger partial charge >= 0.3 is 0 Å². The summed E-state index contributed by atoms with van der Waals surface area (Å²) >= 11 is 0. The van der Waals surface area contributed by atoms with Crippen molar-refractivity contribution >= 4 is 11.9 Å². The minimum atomic E-state index is -0.833. The Hall–Kier alpha value is -3.10. The summed E-state index contributed by atoms with van der Waals surface area (Å²) in [4.78, 5) is 18.0. The summed E-state index contributed by atoms with van der Waals surface area (Å²) < 4.78 is 0. The molecule has 2 rings (SSSR count). The number of carboxylic acid groups (broad SMARTS) is 2. The van der Waals surface area contributed by atoms with Gasteiger partial charge in [-0.2, -0.15) is 0 Å². The van der Waals surface area contributed by atoms with E-state index < -0.39 is 17.5 Å². The van der Waals surface area contributed by atoms with E-state index in [2.05, 4.69) is 0 Å². The van der Waals surface area contributed by atoms with Gasteiger partial charge in [-0.3, -0.25) is 9.59 Å². The molecule has 28 heavy (non-hydrogen) atoms. The van der Waals surface area contributed by atoms with E-state index in [1.54, 1.807) is 24.3 Å². The fourth-order valence-corrected chi connectivity index (χ4v) is 2.29. The van der Waals surface area contributed by atoms with Gasteiger partial charge in [0.25, 0.3) is 11.9 Å². The number of aliphatic carboxylic acids is 2. The predicted octanol–water partition coefficient (Wildman–Crippen LogP) is 1.72. The van der Waals surface area contributed by atoms with Crippen molar-refractivity contribution in [3.05, 3.63) is 59.7 Å². The van der Waals surface area contributed by atoms with Crippen LogP contribution in [0.4, 0.5) is 0 Å². The highest BCUT2D eigenvalue weighted by Gasteiger charge is 2.26. The molecule has 0 aromatic heterocycles. The Morgan fingerprint density at radius 1 is 0.821 bits per heavy atom. The van der Waals surface area contributed by atoms with Crippen molar-refractivity contribution in [1.82, 2.24) is 0 Å². The van der Waals surface area contributed by atoms with E-state index in [9.17, 15) is 10.2 Å². The summed E-state index contributed by atoms with van der Waals surface area (Å²) in [6, 6.07) is 14.2. The van der Waals surface area contributed by atoms with Crippen molar-refractivity contribution in [3.63, 3.8) is 0 Å². The molecule has 0 saturated carbocycles. The molecule has 0 aliphatic heterocycles. The lowest BCUT2D eigenvalue weighted by Gasteiger charge is -2.29. The molecule has 0 aliphatic rings. The topological polar surface area (TPSA) is 167 Å². The molecule has 0 bridgehead atoms. The maximum Gasteiger partial charge on any atom is 0.300 e. The molecule has 0 aliphatic carbocycles. The zero-order valence-electron chi connectivity index (χ0n) is 16.0. The zero-order chi connectivity index (χ0) is 21.7. The number of benzene rings is 2. The van der Waals surface area contributed by atoms with Gasteiger partial charge in [0.15, 0.2) is 0 Å². The van der Waals surface area contributed by atoms with Crippen LogP contribution in [0.2, 0.25) is 0 Å². The molecule has 8 N–H and O–H groups in total. The Morgan fingerprint density at radius 2 is 1.11 bits per heavy atom. The average Bonchev–Trinajstić information content (AvgIpc) is 2.58. The van der Waals surface area contributed by atoms with Crippen molar-refractivity contribution in [2.75, 3.05) is 6.54 Å². The minimum Gasteiger partial charge on any atom is -0.508 e. The second-order valence-corrected chi connectivity index (χ2v) is 6.22. The Bertz CT molecular complexity index is 696. The van der Waals surface area contributed by atoms with Gasteiger partial charge in [-0.15, -0.1) is 0 Å². The van der Waals surface area contributed by atoms with Crippen molar-refractivity contribution in [1.29, 1.82) is 0 Å². The molecule has 0 unspecified atom stereocenters. The molecule has 0 fully saturated rings. The molecular weight excluding hydrogens is 364 g/mol. The van der Waals surface area contributed by atoms with Crippen LogP contribution in [0, 0.1) is 0 Å². The number of phenolic OH excluding ortho intramolecular Hbond substituents is 2. The molecule has 0 amide bonds. The third-order valence-corrected chi connectivity index (χ3v) is 3.47. The molecule has 0 atom stereocenters. The monoisotopic (exact) mass is 392 g/mol. The maximum atomic E-state index is 9.84. The van der Waals surface area contributed by atoms with Gasteiger partial charge in [0, 0.05) is 25.9 Å². The average molecular weight is 392 g/mol. The smallest absolute Gasteiger partial charge is 0.300 e. The standard InChI is InChI=1S/C16H20N2O2.2C2H4O2/c17-11-16(18,9-12-5-1-3-7-14(12)19)10-13-6-2-4-8-15(13)20;2*1-2(3)4/h1-8,19-20H,9-11,17-18H2;2*1H3,(H,3,4). The Morgan fingerprint density at radius 3 is 1.36 bits per heavy atom. The van der Waals surface area contributed by atoms with E-state index in [1.165, 1.54) is 0 Å². The number of carbonyl (C=O) groups is 2. The Balaban J connectivity index is 0.000000776. The number of hydrogen-bond donors (Lipinski definition) is 6. The van der Waals surface area contributed by atoms with Gasteiger partial charge in [0.05, 0.1) is 0 Å². The van der Waals surface area contributed by atoms with E-state index in [4.69, 9.17) is 31.3 Å². The molecule has 0 saturated heterocycles. The first-order chi connectivity index (χ1) is 13.0. The molecule has 8 nitrogen and oxygen atoms in total. The van der Waals surface area contributed by atoms with Crippen molar-refractivity contribution in [2.45, 2.75) is 32.2 Å². The van der Waals surface area contributed by atoms with Crippen LogP contribution < -0.4 is 11.5 Å². The number of aromatic hydroxyl groups is 2. The Labute approximate surface area is 164 Å². The normalized spacial score (nSPS) is 10.0. The SMILES string of the molecule is CC(=O)O.CC(=O)O.NCC(N)(Cc1ccccc1O)Cc1ccccc1O.